The molecule has 0 aliphatic heterocycles. The Bertz CT molecular complexity index is 230. The Morgan fingerprint density at radius 2 is 1.50 bits per heavy atom. The third-order valence-electron chi connectivity index (χ3n) is 1.74. The third kappa shape index (κ3) is 4.38. The number of hydrogen-bond acceptors (Lipinski definition) is 2. The molecule has 0 aliphatic carbocycles. The van der Waals surface area contributed by atoms with Gasteiger partial charge in [-0.05, 0) is 6.92 Å². The quantitative estimate of drug-likeness (QED) is 0.719. The Hall–Kier alpha value is -0.790. The van der Waals surface area contributed by atoms with Gasteiger partial charge in [-0.3, -0.25) is 4.79 Å². The average Bonchev–Trinajstić information content (AvgIpc) is 2.08. The fourth-order valence-corrected chi connectivity index (χ4v) is 0.907. The molecule has 0 aliphatic rings. The van der Waals surface area contributed by atoms with Crippen molar-refractivity contribution in [3.8, 4) is 0 Å². The van der Waals surface area contributed by atoms with Crippen LogP contribution < -0.4 is 0 Å². The van der Waals surface area contributed by atoms with E-state index in [-0.39, 0.29) is 6.42 Å². The molecule has 0 aromatic carbocycles. The van der Waals surface area contributed by atoms with Crippen molar-refractivity contribution in [2.45, 2.75) is 44.8 Å². The van der Waals surface area contributed by atoms with Gasteiger partial charge >= 0.3 is 12.4 Å². The van der Waals surface area contributed by atoms with E-state index in [0.717, 1.165) is 6.92 Å². The molecular formula is C8H10F6O2. The molecule has 96 valence electrons. The second-order valence-electron chi connectivity index (χ2n) is 3.06. The van der Waals surface area contributed by atoms with Gasteiger partial charge in [0, 0.05) is 6.42 Å². The van der Waals surface area contributed by atoms with Crippen molar-refractivity contribution < 1.29 is 35.9 Å². The summed E-state index contributed by atoms with van der Waals surface area (Å²) in [5, 5.41) is 0. The number of ketones is 1. The highest BCUT2D eigenvalue weighted by atomic mass is 19.4. The molecule has 0 saturated heterocycles. The number of Topliss-reactive ketones (excluding diaryl/α,β-unsaturated/α-hetero) is 1. The zero-order chi connectivity index (χ0) is 13.1. The number of rotatable bonds is 4. The molecule has 0 radical (unpaired) electrons. The Kier molecular flexibility index (Phi) is 4.78. The van der Waals surface area contributed by atoms with Crippen LogP contribution in [0.25, 0.3) is 0 Å². The Balaban J connectivity index is 4.77. The highest BCUT2D eigenvalue weighted by molar-refractivity contribution is 5.82. The Labute approximate surface area is 87.6 Å². The predicted molar refractivity (Wildman–Crippen MR) is 41.7 cm³/mol. The van der Waals surface area contributed by atoms with E-state index in [9.17, 15) is 31.1 Å². The van der Waals surface area contributed by atoms with Crippen molar-refractivity contribution in [1.29, 1.82) is 0 Å². The molecule has 1 atom stereocenters. The maximum absolute atomic E-state index is 12.0. The van der Waals surface area contributed by atoms with Gasteiger partial charge < -0.3 is 4.74 Å². The van der Waals surface area contributed by atoms with Crippen molar-refractivity contribution in [3.63, 3.8) is 0 Å². The van der Waals surface area contributed by atoms with Gasteiger partial charge in [-0.1, -0.05) is 6.92 Å². The average molecular weight is 252 g/mol. The molecule has 0 saturated carbocycles. The first-order valence-corrected chi connectivity index (χ1v) is 4.31. The highest BCUT2D eigenvalue weighted by Crippen LogP contribution is 2.36. The van der Waals surface area contributed by atoms with Gasteiger partial charge in [0.05, 0.1) is 0 Å². The molecule has 2 nitrogen and oxygen atoms in total. The standard InChI is InChI=1S/C8H10F6O2/c1-3-5(15)4(2)16-6(7(9,10)11)8(12,13)14/h4,6H,3H2,1-2H3. The molecule has 16 heavy (non-hydrogen) atoms. The summed E-state index contributed by atoms with van der Waals surface area (Å²) in [4.78, 5) is 10.8. The van der Waals surface area contributed by atoms with Gasteiger partial charge in [0.1, 0.15) is 6.10 Å². The van der Waals surface area contributed by atoms with Gasteiger partial charge in [-0.2, -0.15) is 26.3 Å². The number of halogens is 6. The summed E-state index contributed by atoms with van der Waals surface area (Å²) in [6.45, 7) is 2.18. The van der Waals surface area contributed by atoms with Crippen LogP contribution in [0.2, 0.25) is 0 Å². The van der Waals surface area contributed by atoms with E-state index in [0.29, 0.717) is 0 Å². The van der Waals surface area contributed by atoms with E-state index in [1.807, 2.05) is 0 Å². The second kappa shape index (κ2) is 5.03. The van der Waals surface area contributed by atoms with Crippen LogP contribution in [0.3, 0.4) is 0 Å². The number of carbonyl (C=O) groups is 1. The van der Waals surface area contributed by atoms with E-state index in [1.165, 1.54) is 6.92 Å². The molecule has 0 bridgehead atoms. The van der Waals surface area contributed by atoms with E-state index < -0.39 is 30.3 Å². The molecular weight excluding hydrogens is 242 g/mol. The molecule has 1 unspecified atom stereocenters. The number of carbonyl (C=O) groups excluding carboxylic acids is 1. The lowest BCUT2D eigenvalue weighted by molar-refractivity contribution is -0.327. The molecule has 0 aromatic heterocycles. The maximum atomic E-state index is 12.0. The molecule has 0 rings (SSSR count). The van der Waals surface area contributed by atoms with Crippen LogP contribution in [0.4, 0.5) is 26.3 Å². The van der Waals surface area contributed by atoms with Crippen LogP contribution >= 0.6 is 0 Å². The zero-order valence-electron chi connectivity index (χ0n) is 8.45. The lowest BCUT2D eigenvalue weighted by atomic mass is 10.2. The fourth-order valence-electron chi connectivity index (χ4n) is 0.907. The predicted octanol–water partition coefficient (Wildman–Crippen LogP) is 2.86. The van der Waals surface area contributed by atoms with Crippen LogP contribution in [0.5, 0.6) is 0 Å². The lowest BCUT2D eigenvalue weighted by Gasteiger charge is -2.25. The van der Waals surface area contributed by atoms with Crippen molar-refractivity contribution >= 4 is 5.78 Å². The molecule has 0 amide bonds. The van der Waals surface area contributed by atoms with Gasteiger partial charge in [-0.25, -0.2) is 0 Å². The molecule has 8 heteroatoms. The summed E-state index contributed by atoms with van der Waals surface area (Å²) in [6, 6.07) is 0. The summed E-state index contributed by atoms with van der Waals surface area (Å²) in [5.74, 6) is -0.821. The van der Waals surface area contributed by atoms with E-state index in [1.54, 1.807) is 0 Å². The molecule has 0 aromatic rings. The van der Waals surface area contributed by atoms with Crippen molar-refractivity contribution in [2.24, 2.45) is 0 Å². The monoisotopic (exact) mass is 252 g/mol. The van der Waals surface area contributed by atoms with Crippen molar-refractivity contribution in [3.05, 3.63) is 0 Å². The summed E-state index contributed by atoms with van der Waals surface area (Å²) >= 11 is 0. The second-order valence-corrected chi connectivity index (χ2v) is 3.06. The Morgan fingerprint density at radius 1 is 1.12 bits per heavy atom. The summed E-state index contributed by atoms with van der Waals surface area (Å²) in [6.07, 6.45) is -17.0. The molecule has 0 heterocycles. The third-order valence-corrected chi connectivity index (χ3v) is 1.74. The molecule has 0 N–H and O–H groups in total. The van der Waals surface area contributed by atoms with Crippen LogP contribution in [0, 0.1) is 0 Å². The fraction of sp³-hybridized carbons (Fsp3) is 0.875. The number of alkyl halides is 6. The maximum Gasteiger partial charge on any atom is 0.423 e. The highest BCUT2D eigenvalue weighted by Gasteiger charge is 2.58. The minimum atomic E-state index is -5.58. The van der Waals surface area contributed by atoms with Crippen LogP contribution in [0.1, 0.15) is 20.3 Å². The summed E-state index contributed by atoms with van der Waals surface area (Å²) in [5.41, 5.74) is 0. The van der Waals surface area contributed by atoms with E-state index in [2.05, 4.69) is 4.74 Å². The smallest absolute Gasteiger partial charge is 0.350 e. The first-order chi connectivity index (χ1) is 7.00. The van der Waals surface area contributed by atoms with Gasteiger partial charge in [-0.15, -0.1) is 0 Å². The van der Waals surface area contributed by atoms with E-state index in [4.69, 9.17) is 0 Å². The molecule has 0 fully saturated rings. The number of ether oxygens (including phenoxy) is 1. The van der Waals surface area contributed by atoms with Gasteiger partial charge in [0.15, 0.2) is 5.78 Å². The topological polar surface area (TPSA) is 26.3 Å². The van der Waals surface area contributed by atoms with Crippen LogP contribution in [-0.2, 0) is 9.53 Å². The van der Waals surface area contributed by atoms with Gasteiger partial charge in [0.25, 0.3) is 0 Å². The van der Waals surface area contributed by atoms with Gasteiger partial charge in [0.2, 0.25) is 6.10 Å². The normalized spacial score (nSPS) is 15.3. The van der Waals surface area contributed by atoms with Crippen LogP contribution in [-0.4, -0.2) is 30.3 Å². The van der Waals surface area contributed by atoms with Crippen molar-refractivity contribution in [1.82, 2.24) is 0 Å². The largest absolute Gasteiger partial charge is 0.423 e. The lowest BCUT2D eigenvalue weighted by Crippen LogP contribution is -2.47. The molecule has 0 spiro atoms. The minimum Gasteiger partial charge on any atom is -0.350 e. The number of hydrogen-bond donors (Lipinski definition) is 0. The van der Waals surface area contributed by atoms with Crippen LogP contribution in [0.15, 0.2) is 0 Å². The Morgan fingerprint density at radius 3 is 1.75 bits per heavy atom. The summed E-state index contributed by atoms with van der Waals surface area (Å²) < 4.78 is 75.7. The SMILES string of the molecule is CCC(=O)C(C)OC(C(F)(F)F)C(F)(F)F. The first-order valence-electron chi connectivity index (χ1n) is 4.31. The first kappa shape index (κ1) is 15.2. The minimum absolute atomic E-state index is 0.191. The van der Waals surface area contributed by atoms with E-state index >= 15 is 0 Å². The van der Waals surface area contributed by atoms with Crippen molar-refractivity contribution in [2.75, 3.05) is 0 Å². The summed E-state index contributed by atoms with van der Waals surface area (Å²) in [7, 11) is 0. The zero-order valence-corrected chi connectivity index (χ0v) is 8.45.